The van der Waals surface area contributed by atoms with E-state index in [0.29, 0.717) is 25.5 Å². The van der Waals surface area contributed by atoms with Crippen LogP contribution >= 0.6 is 11.3 Å². The predicted molar refractivity (Wildman–Crippen MR) is 117 cm³/mol. The summed E-state index contributed by atoms with van der Waals surface area (Å²) in [5, 5.41) is 21.8. The molecule has 1 aliphatic heterocycles. The van der Waals surface area contributed by atoms with E-state index in [1.807, 2.05) is 42.6 Å². The third-order valence-corrected chi connectivity index (χ3v) is 5.70. The molecule has 1 unspecified atom stereocenters. The molecule has 156 valence electrons. The highest BCUT2D eigenvalue weighted by Crippen LogP contribution is 2.27. The van der Waals surface area contributed by atoms with Crippen molar-refractivity contribution in [2.24, 2.45) is 4.99 Å². The van der Waals surface area contributed by atoms with Crippen LogP contribution in [0, 0.1) is 0 Å². The van der Waals surface area contributed by atoms with Crippen molar-refractivity contribution in [3.63, 3.8) is 0 Å². The molecule has 1 aromatic carbocycles. The number of aliphatic imine (C=N–C) groups is 1. The van der Waals surface area contributed by atoms with Crippen LogP contribution in [0.25, 0.3) is 0 Å². The lowest BCUT2D eigenvalue weighted by Crippen LogP contribution is -2.40. The van der Waals surface area contributed by atoms with Gasteiger partial charge in [0.05, 0.1) is 13.1 Å². The molecule has 3 rings (SSSR count). The van der Waals surface area contributed by atoms with Crippen molar-refractivity contribution in [3.05, 3.63) is 46.2 Å². The number of nitrogens with one attached hydrogen (secondary N) is 3. The van der Waals surface area contributed by atoms with E-state index in [1.165, 1.54) is 11.3 Å². The molecule has 0 radical (unpaired) electrons. The van der Waals surface area contributed by atoms with Crippen LogP contribution in [-0.2, 0) is 16.8 Å². The van der Waals surface area contributed by atoms with Crippen LogP contribution < -0.4 is 20.7 Å². The molecule has 2 aromatic rings. The van der Waals surface area contributed by atoms with Gasteiger partial charge in [-0.1, -0.05) is 6.07 Å². The van der Waals surface area contributed by atoms with Crippen molar-refractivity contribution in [3.8, 4) is 5.75 Å². The number of thiophene rings is 1. The fourth-order valence-electron chi connectivity index (χ4n) is 3.03. The Morgan fingerprint density at radius 3 is 2.97 bits per heavy atom. The Kier molecular flexibility index (Phi) is 7.11. The standard InChI is InChI=1S/C21H28N4O3S/c1-3-22-20(24-14-21(2,27)18-5-4-12-29-18)23-10-11-28-16-7-8-17-15(13-16)6-9-19(26)25-17/h4-5,7-8,12-13,27H,3,6,9-11,14H2,1-2H3,(H,25,26)(H2,22,23,24). The number of carbonyl (C=O) groups excluding carboxylic acids is 1. The molecule has 0 bridgehead atoms. The number of nitrogens with zero attached hydrogens (tertiary/aromatic N) is 1. The minimum Gasteiger partial charge on any atom is -0.492 e. The summed E-state index contributed by atoms with van der Waals surface area (Å²) in [5.74, 6) is 1.48. The summed E-state index contributed by atoms with van der Waals surface area (Å²) in [4.78, 5) is 16.8. The highest BCUT2D eigenvalue weighted by molar-refractivity contribution is 7.10. The Morgan fingerprint density at radius 2 is 2.21 bits per heavy atom. The number of rotatable bonds is 8. The zero-order chi connectivity index (χ0) is 20.7. The van der Waals surface area contributed by atoms with Gasteiger partial charge in [0.15, 0.2) is 5.96 Å². The van der Waals surface area contributed by atoms with E-state index < -0.39 is 5.60 Å². The van der Waals surface area contributed by atoms with Crippen LogP contribution in [-0.4, -0.2) is 43.2 Å². The quantitative estimate of drug-likeness (QED) is 0.301. The van der Waals surface area contributed by atoms with E-state index in [1.54, 1.807) is 6.92 Å². The summed E-state index contributed by atoms with van der Waals surface area (Å²) in [6.07, 6.45) is 1.24. The lowest BCUT2D eigenvalue weighted by Gasteiger charge is -2.20. The molecule has 0 aliphatic carbocycles. The van der Waals surface area contributed by atoms with Crippen LogP contribution in [0.15, 0.2) is 40.7 Å². The third kappa shape index (κ3) is 5.95. The average Bonchev–Trinajstić information content (AvgIpc) is 3.25. The first-order valence-electron chi connectivity index (χ1n) is 9.82. The molecule has 4 N–H and O–H groups in total. The summed E-state index contributed by atoms with van der Waals surface area (Å²) < 4.78 is 5.83. The van der Waals surface area contributed by atoms with E-state index in [4.69, 9.17) is 4.74 Å². The number of aliphatic hydroxyl groups is 1. The van der Waals surface area contributed by atoms with Gasteiger partial charge in [-0.15, -0.1) is 11.3 Å². The molecule has 0 saturated heterocycles. The minimum absolute atomic E-state index is 0.0589. The maximum atomic E-state index is 11.4. The van der Waals surface area contributed by atoms with Gasteiger partial charge in [-0.05, 0) is 55.5 Å². The maximum Gasteiger partial charge on any atom is 0.224 e. The summed E-state index contributed by atoms with van der Waals surface area (Å²) >= 11 is 1.52. The average molecular weight is 417 g/mol. The Labute approximate surface area is 175 Å². The molecule has 0 spiro atoms. The number of fused-ring (bicyclic) bond motifs is 1. The SMILES string of the molecule is CCNC(=NCC(C)(O)c1cccs1)NCCOc1ccc2c(c1)CCC(=O)N2. The molecular weight excluding hydrogens is 388 g/mol. The fraction of sp³-hybridized carbons (Fsp3) is 0.429. The molecular formula is C21H28N4O3S. The Balaban J connectivity index is 1.49. The Morgan fingerprint density at radius 1 is 1.34 bits per heavy atom. The van der Waals surface area contributed by atoms with Crippen molar-refractivity contribution in [1.82, 2.24) is 10.6 Å². The molecule has 7 nitrogen and oxygen atoms in total. The van der Waals surface area contributed by atoms with Gasteiger partial charge in [-0.2, -0.15) is 0 Å². The number of carbonyl (C=O) groups is 1. The van der Waals surface area contributed by atoms with Crippen molar-refractivity contribution in [1.29, 1.82) is 0 Å². The van der Waals surface area contributed by atoms with Gasteiger partial charge in [-0.3, -0.25) is 4.79 Å². The second-order valence-corrected chi connectivity index (χ2v) is 8.04. The first-order valence-corrected chi connectivity index (χ1v) is 10.7. The van der Waals surface area contributed by atoms with Gasteiger partial charge in [-0.25, -0.2) is 4.99 Å². The summed E-state index contributed by atoms with van der Waals surface area (Å²) in [7, 11) is 0. The van der Waals surface area contributed by atoms with E-state index in [2.05, 4.69) is 20.9 Å². The number of guanidine groups is 1. The minimum atomic E-state index is -0.994. The highest BCUT2D eigenvalue weighted by atomic mass is 32.1. The number of hydrogen-bond donors (Lipinski definition) is 4. The summed E-state index contributed by atoms with van der Waals surface area (Å²) in [5.41, 5.74) is 0.970. The zero-order valence-corrected chi connectivity index (χ0v) is 17.6. The van der Waals surface area contributed by atoms with Crippen LogP contribution in [0.2, 0.25) is 0 Å². The lowest BCUT2D eigenvalue weighted by molar-refractivity contribution is -0.116. The maximum absolute atomic E-state index is 11.4. The number of hydrogen-bond acceptors (Lipinski definition) is 5. The second-order valence-electron chi connectivity index (χ2n) is 7.09. The van der Waals surface area contributed by atoms with Gasteiger partial charge in [0.1, 0.15) is 18.0 Å². The molecule has 2 heterocycles. The molecule has 0 saturated carbocycles. The highest BCUT2D eigenvalue weighted by Gasteiger charge is 2.24. The van der Waals surface area contributed by atoms with E-state index in [-0.39, 0.29) is 12.5 Å². The predicted octanol–water partition coefficient (Wildman–Crippen LogP) is 2.47. The van der Waals surface area contributed by atoms with Gasteiger partial charge < -0.3 is 25.8 Å². The lowest BCUT2D eigenvalue weighted by atomic mass is 10.0. The molecule has 1 aromatic heterocycles. The molecule has 0 fully saturated rings. The zero-order valence-electron chi connectivity index (χ0n) is 16.8. The van der Waals surface area contributed by atoms with E-state index in [9.17, 15) is 9.90 Å². The number of aryl methyl sites for hydroxylation is 1. The number of anilines is 1. The first-order chi connectivity index (χ1) is 14.0. The Bertz CT molecular complexity index is 850. The van der Waals surface area contributed by atoms with E-state index >= 15 is 0 Å². The second kappa shape index (κ2) is 9.76. The van der Waals surface area contributed by atoms with Crippen molar-refractivity contribution in [2.45, 2.75) is 32.3 Å². The van der Waals surface area contributed by atoms with E-state index in [0.717, 1.165) is 34.8 Å². The fourth-order valence-corrected chi connectivity index (χ4v) is 3.80. The van der Waals surface area contributed by atoms with Crippen molar-refractivity contribution in [2.75, 3.05) is 31.6 Å². The molecule has 8 heteroatoms. The van der Waals surface area contributed by atoms with Gasteiger partial charge in [0.25, 0.3) is 0 Å². The number of ether oxygens (including phenoxy) is 1. The molecule has 1 amide bonds. The molecule has 29 heavy (non-hydrogen) atoms. The summed E-state index contributed by atoms with van der Waals surface area (Å²) in [6.45, 7) is 5.80. The number of amides is 1. The number of benzene rings is 1. The van der Waals surface area contributed by atoms with Crippen LogP contribution in [0.5, 0.6) is 5.75 Å². The summed E-state index contributed by atoms with van der Waals surface area (Å²) in [6, 6.07) is 9.56. The van der Waals surface area contributed by atoms with Crippen LogP contribution in [0.3, 0.4) is 0 Å². The van der Waals surface area contributed by atoms with Crippen LogP contribution in [0.1, 0.15) is 30.7 Å². The van der Waals surface area contributed by atoms with Gasteiger partial charge >= 0.3 is 0 Å². The Hall–Kier alpha value is -2.58. The van der Waals surface area contributed by atoms with Gasteiger partial charge in [0, 0.05) is 23.5 Å². The van der Waals surface area contributed by atoms with Crippen LogP contribution in [0.4, 0.5) is 5.69 Å². The normalized spacial score (nSPS) is 15.8. The third-order valence-electron chi connectivity index (χ3n) is 4.58. The topological polar surface area (TPSA) is 95.0 Å². The first kappa shape index (κ1) is 21.1. The van der Waals surface area contributed by atoms with Gasteiger partial charge in [0.2, 0.25) is 5.91 Å². The monoisotopic (exact) mass is 416 g/mol. The molecule has 1 aliphatic rings. The molecule has 1 atom stereocenters. The van der Waals surface area contributed by atoms with Crippen molar-refractivity contribution < 1.29 is 14.6 Å². The largest absolute Gasteiger partial charge is 0.492 e. The smallest absolute Gasteiger partial charge is 0.224 e. The van der Waals surface area contributed by atoms with Crippen molar-refractivity contribution >= 4 is 28.9 Å².